The van der Waals surface area contributed by atoms with E-state index in [0.29, 0.717) is 18.2 Å². The summed E-state index contributed by atoms with van der Waals surface area (Å²) in [5, 5.41) is 0. The molecule has 0 aliphatic rings. The van der Waals surface area contributed by atoms with E-state index in [1.165, 1.54) is 33.4 Å². The van der Waals surface area contributed by atoms with Crippen LogP contribution in [0.1, 0.15) is 67.5 Å². The molecule has 1 nitrogen and oxygen atoms in total. The van der Waals surface area contributed by atoms with E-state index in [9.17, 15) is 4.57 Å². The smallest absolute Gasteiger partial charge is 0.0964 e. The second kappa shape index (κ2) is 9.00. The van der Waals surface area contributed by atoms with Crippen LogP contribution in [-0.4, -0.2) is 6.16 Å². The molecule has 0 radical (unpaired) electrons. The van der Waals surface area contributed by atoms with Crippen LogP contribution in [0.25, 0.3) is 0 Å². The van der Waals surface area contributed by atoms with Crippen LogP contribution in [0, 0.1) is 39.0 Å². The Hall–Kier alpha value is -1.33. The van der Waals surface area contributed by atoms with Gasteiger partial charge in [0.15, 0.2) is 0 Å². The van der Waals surface area contributed by atoms with Gasteiger partial charge in [-0.25, -0.2) is 0 Å². The van der Waals surface area contributed by atoms with Gasteiger partial charge in [-0.15, -0.1) is 0 Å². The third-order valence-corrected chi connectivity index (χ3v) is 8.86. The zero-order chi connectivity index (χ0) is 21.1. The largest absolute Gasteiger partial charge is 0.323 e. The molecular formula is C26H39OP. The van der Waals surface area contributed by atoms with E-state index in [1.54, 1.807) is 0 Å². The van der Waals surface area contributed by atoms with Gasteiger partial charge in [0.1, 0.15) is 0 Å². The van der Waals surface area contributed by atoms with Crippen molar-refractivity contribution in [2.45, 2.75) is 74.1 Å². The van der Waals surface area contributed by atoms with Crippen LogP contribution in [-0.2, 0) is 16.9 Å². The maximum Gasteiger partial charge on any atom is 0.0964 e. The Balaban J connectivity index is 2.41. The van der Waals surface area contributed by atoms with Gasteiger partial charge >= 0.3 is 0 Å². The van der Waals surface area contributed by atoms with Gasteiger partial charge in [0.25, 0.3) is 0 Å². The highest BCUT2D eigenvalue weighted by molar-refractivity contribution is 7.62. The van der Waals surface area contributed by atoms with E-state index in [-0.39, 0.29) is 5.41 Å². The summed E-state index contributed by atoms with van der Waals surface area (Å²) in [7, 11) is -2.41. The van der Waals surface area contributed by atoms with Gasteiger partial charge in [0.2, 0.25) is 0 Å². The van der Waals surface area contributed by atoms with E-state index in [1.807, 2.05) is 0 Å². The van der Waals surface area contributed by atoms with E-state index < -0.39 is 7.14 Å². The molecule has 0 heterocycles. The Kier molecular flexibility index (Phi) is 7.38. The SMILES string of the molecule is Cc1cccc(C)c1CP(=O)(Cc1c(C)cccc1C)CC(C)CC(C)(C)C. The average Bonchev–Trinajstić information content (AvgIpc) is 2.53. The van der Waals surface area contributed by atoms with Gasteiger partial charge in [-0.3, -0.25) is 0 Å². The standard InChI is InChI=1S/C26H39OP/c1-19(15-26(6,7)8)16-28(27,17-24-20(2)11-9-12-21(24)3)18-25-22(4)13-10-14-23(25)5/h9-14,19H,15-18H2,1-8H3. The average molecular weight is 399 g/mol. The minimum atomic E-state index is -2.41. The van der Waals surface area contributed by atoms with E-state index in [0.717, 1.165) is 12.6 Å². The second-order valence-electron chi connectivity index (χ2n) is 10.2. The Morgan fingerprint density at radius 1 is 0.786 bits per heavy atom. The van der Waals surface area contributed by atoms with Crippen LogP contribution in [0.3, 0.4) is 0 Å². The summed E-state index contributed by atoms with van der Waals surface area (Å²) in [6.45, 7) is 17.8. The molecule has 1 unspecified atom stereocenters. The number of hydrogen-bond acceptors (Lipinski definition) is 1. The van der Waals surface area contributed by atoms with Crippen molar-refractivity contribution in [3.05, 3.63) is 69.8 Å². The fourth-order valence-electron chi connectivity index (χ4n) is 4.64. The Morgan fingerprint density at radius 2 is 1.14 bits per heavy atom. The highest BCUT2D eigenvalue weighted by atomic mass is 31.2. The minimum Gasteiger partial charge on any atom is -0.323 e. The number of aryl methyl sites for hydroxylation is 4. The summed E-state index contributed by atoms with van der Waals surface area (Å²) >= 11 is 0. The fourth-order valence-corrected chi connectivity index (χ4v) is 8.42. The summed E-state index contributed by atoms with van der Waals surface area (Å²) in [4.78, 5) is 0. The van der Waals surface area contributed by atoms with Gasteiger partial charge < -0.3 is 4.57 Å². The molecule has 2 aromatic carbocycles. The molecule has 0 saturated heterocycles. The molecule has 2 rings (SSSR count). The maximum absolute atomic E-state index is 14.5. The molecule has 2 heteroatoms. The predicted molar refractivity (Wildman–Crippen MR) is 125 cm³/mol. The van der Waals surface area contributed by atoms with Crippen LogP contribution in [0.15, 0.2) is 36.4 Å². The summed E-state index contributed by atoms with van der Waals surface area (Å²) < 4.78 is 14.5. The van der Waals surface area contributed by atoms with Gasteiger partial charge in [-0.05, 0) is 78.8 Å². The first-order valence-electron chi connectivity index (χ1n) is 10.6. The van der Waals surface area contributed by atoms with E-state index in [2.05, 4.69) is 91.8 Å². The zero-order valence-electron chi connectivity index (χ0n) is 19.2. The third-order valence-electron chi connectivity index (χ3n) is 5.79. The lowest BCUT2D eigenvalue weighted by molar-refractivity contribution is 0.321. The molecule has 0 amide bonds. The molecule has 0 spiro atoms. The highest BCUT2D eigenvalue weighted by Gasteiger charge is 2.29. The Labute approximate surface area is 173 Å². The molecule has 0 saturated carbocycles. The van der Waals surface area contributed by atoms with Crippen molar-refractivity contribution in [3.8, 4) is 0 Å². The van der Waals surface area contributed by atoms with E-state index >= 15 is 0 Å². The van der Waals surface area contributed by atoms with Gasteiger partial charge in [-0.2, -0.15) is 0 Å². The summed E-state index contributed by atoms with van der Waals surface area (Å²) in [6.07, 6.45) is 3.36. The highest BCUT2D eigenvalue weighted by Crippen LogP contribution is 2.55. The van der Waals surface area contributed by atoms with E-state index in [4.69, 9.17) is 0 Å². The van der Waals surface area contributed by atoms with Crippen molar-refractivity contribution in [1.82, 2.24) is 0 Å². The summed E-state index contributed by atoms with van der Waals surface area (Å²) in [6, 6.07) is 12.8. The van der Waals surface area contributed by atoms with Gasteiger partial charge in [0, 0.05) is 18.5 Å². The van der Waals surface area contributed by atoms with Gasteiger partial charge in [-0.1, -0.05) is 64.1 Å². The molecule has 1 atom stereocenters. The predicted octanol–water partition coefficient (Wildman–Crippen LogP) is 8.06. The first-order chi connectivity index (χ1) is 12.9. The lowest BCUT2D eigenvalue weighted by Crippen LogP contribution is -2.15. The Bertz CT molecular complexity index is 759. The number of rotatable bonds is 7. The van der Waals surface area contributed by atoms with Crippen molar-refractivity contribution < 1.29 is 4.57 Å². The normalized spacial score (nSPS) is 13.6. The topological polar surface area (TPSA) is 17.1 Å². The number of benzene rings is 2. The molecule has 0 aliphatic carbocycles. The van der Waals surface area contributed by atoms with Gasteiger partial charge in [0.05, 0.1) is 7.14 Å². The van der Waals surface area contributed by atoms with Crippen LogP contribution >= 0.6 is 7.14 Å². The molecule has 0 N–H and O–H groups in total. The van der Waals surface area contributed by atoms with Crippen LogP contribution < -0.4 is 0 Å². The maximum atomic E-state index is 14.5. The molecule has 28 heavy (non-hydrogen) atoms. The van der Waals surface area contributed by atoms with Crippen molar-refractivity contribution >= 4 is 7.14 Å². The third kappa shape index (κ3) is 6.35. The van der Waals surface area contributed by atoms with Crippen LogP contribution in [0.5, 0.6) is 0 Å². The molecule has 0 fully saturated rings. The molecule has 0 aliphatic heterocycles. The zero-order valence-corrected chi connectivity index (χ0v) is 20.1. The molecular weight excluding hydrogens is 359 g/mol. The molecule has 0 aromatic heterocycles. The first-order valence-corrected chi connectivity index (χ1v) is 12.8. The lowest BCUT2D eigenvalue weighted by Gasteiger charge is -2.29. The van der Waals surface area contributed by atoms with Crippen molar-refractivity contribution in [2.24, 2.45) is 11.3 Å². The lowest BCUT2D eigenvalue weighted by atomic mass is 9.86. The quantitative estimate of drug-likeness (QED) is 0.431. The molecule has 154 valence electrons. The van der Waals surface area contributed by atoms with Crippen LogP contribution in [0.2, 0.25) is 0 Å². The molecule has 2 aromatic rings. The first kappa shape index (κ1) is 23.0. The fraction of sp³-hybridized carbons (Fsp3) is 0.538. The summed E-state index contributed by atoms with van der Waals surface area (Å²) in [5.41, 5.74) is 7.92. The van der Waals surface area contributed by atoms with Crippen molar-refractivity contribution in [2.75, 3.05) is 6.16 Å². The van der Waals surface area contributed by atoms with Crippen molar-refractivity contribution in [3.63, 3.8) is 0 Å². The minimum absolute atomic E-state index is 0.265. The van der Waals surface area contributed by atoms with Crippen LogP contribution in [0.4, 0.5) is 0 Å². The van der Waals surface area contributed by atoms with Crippen molar-refractivity contribution in [1.29, 1.82) is 0 Å². The number of hydrogen-bond donors (Lipinski definition) is 0. The monoisotopic (exact) mass is 398 g/mol. The Morgan fingerprint density at radius 3 is 1.46 bits per heavy atom. The second-order valence-corrected chi connectivity index (χ2v) is 13.3. The summed E-state index contributed by atoms with van der Waals surface area (Å²) in [5.74, 6) is 0.458. The molecule has 0 bridgehead atoms.